The molecule has 23 heavy (non-hydrogen) atoms. The van der Waals surface area contributed by atoms with Gasteiger partial charge < -0.3 is 30.7 Å². The molecule has 0 spiro atoms. The standard InChI is InChI=1S/C16H24N2O5/c1-9-15(20)14(13(8-19)23-9)18-16(21)12(17)7-10-3-5-11(22-2)6-4-10/h3-6,9,12-15,19-20H,7-8,17H2,1-2H3,(H,18,21)/t9-,12?,13+,14?,15?/m0/s1. The summed E-state index contributed by atoms with van der Waals surface area (Å²) >= 11 is 0. The molecular weight excluding hydrogens is 300 g/mol. The molecule has 1 amide bonds. The van der Waals surface area contributed by atoms with Gasteiger partial charge in [0, 0.05) is 0 Å². The molecule has 7 nitrogen and oxygen atoms in total. The summed E-state index contributed by atoms with van der Waals surface area (Å²) in [7, 11) is 1.59. The normalized spacial score (nSPS) is 28.4. The molecule has 1 fully saturated rings. The fourth-order valence-corrected chi connectivity index (χ4v) is 2.67. The molecule has 2 rings (SSSR count). The van der Waals surface area contributed by atoms with Gasteiger partial charge in [0.15, 0.2) is 0 Å². The van der Waals surface area contributed by atoms with Crippen LogP contribution in [0.5, 0.6) is 5.75 Å². The van der Waals surface area contributed by atoms with Crippen molar-refractivity contribution in [3.05, 3.63) is 29.8 Å². The highest BCUT2D eigenvalue weighted by atomic mass is 16.5. The third-order valence-electron chi connectivity index (χ3n) is 4.08. The average Bonchev–Trinajstić information content (AvgIpc) is 2.83. The molecule has 1 saturated heterocycles. The fourth-order valence-electron chi connectivity index (χ4n) is 2.67. The zero-order valence-corrected chi connectivity index (χ0v) is 13.3. The third-order valence-corrected chi connectivity index (χ3v) is 4.08. The highest BCUT2D eigenvalue weighted by molar-refractivity contribution is 5.82. The van der Waals surface area contributed by atoms with Crippen LogP contribution < -0.4 is 15.8 Å². The lowest BCUT2D eigenvalue weighted by Gasteiger charge is -2.22. The maximum absolute atomic E-state index is 12.2. The molecule has 128 valence electrons. The van der Waals surface area contributed by atoms with Gasteiger partial charge in [0.1, 0.15) is 18.0 Å². The maximum Gasteiger partial charge on any atom is 0.237 e. The van der Waals surface area contributed by atoms with E-state index in [0.29, 0.717) is 6.42 Å². The number of nitrogens with two attached hydrogens (primary N) is 1. The number of aliphatic hydroxyl groups is 2. The maximum atomic E-state index is 12.2. The van der Waals surface area contributed by atoms with Gasteiger partial charge in [0.2, 0.25) is 5.91 Å². The minimum Gasteiger partial charge on any atom is -0.497 e. The Balaban J connectivity index is 1.93. The summed E-state index contributed by atoms with van der Waals surface area (Å²) < 4.78 is 10.5. The van der Waals surface area contributed by atoms with E-state index in [1.54, 1.807) is 26.2 Å². The van der Waals surface area contributed by atoms with Crippen molar-refractivity contribution in [3.63, 3.8) is 0 Å². The van der Waals surface area contributed by atoms with Crippen molar-refractivity contribution in [1.82, 2.24) is 5.32 Å². The van der Waals surface area contributed by atoms with Gasteiger partial charge in [-0.15, -0.1) is 0 Å². The number of aliphatic hydroxyl groups excluding tert-OH is 2. The molecule has 5 atom stereocenters. The van der Waals surface area contributed by atoms with Crippen LogP contribution in [0.2, 0.25) is 0 Å². The van der Waals surface area contributed by atoms with E-state index < -0.39 is 30.4 Å². The molecule has 3 unspecified atom stereocenters. The van der Waals surface area contributed by atoms with Crippen molar-refractivity contribution < 1.29 is 24.5 Å². The summed E-state index contributed by atoms with van der Waals surface area (Å²) in [6.07, 6.45) is -1.59. The van der Waals surface area contributed by atoms with E-state index in [1.807, 2.05) is 12.1 Å². The number of methoxy groups -OCH3 is 1. The van der Waals surface area contributed by atoms with Gasteiger partial charge in [-0.2, -0.15) is 0 Å². The summed E-state index contributed by atoms with van der Waals surface area (Å²) in [5.41, 5.74) is 6.84. The van der Waals surface area contributed by atoms with Crippen LogP contribution in [-0.4, -0.2) is 60.2 Å². The number of ether oxygens (including phenoxy) is 2. The molecule has 1 heterocycles. The van der Waals surface area contributed by atoms with Crippen molar-refractivity contribution in [2.45, 2.75) is 43.7 Å². The van der Waals surface area contributed by atoms with Crippen molar-refractivity contribution in [2.24, 2.45) is 5.73 Å². The molecule has 1 aliphatic heterocycles. The van der Waals surface area contributed by atoms with Gasteiger partial charge in [-0.1, -0.05) is 12.1 Å². The van der Waals surface area contributed by atoms with E-state index in [9.17, 15) is 15.0 Å². The minimum absolute atomic E-state index is 0.278. The van der Waals surface area contributed by atoms with E-state index in [2.05, 4.69) is 5.32 Å². The Hall–Kier alpha value is -1.67. The fraction of sp³-hybridized carbons (Fsp3) is 0.562. The van der Waals surface area contributed by atoms with Crippen LogP contribution in [-0.2, 0) is 16.0 Å². The second kappa shape index (κ2) is 7.74. The van der Waals surface area contributed by atoms with Crippen LogP contribution in [0.4, 0.5) is 0 Å². The van der Waals surface area contributed by atoms with Crippen molar-refractivity contribution >= 4 is 5.91 Å². The zero-order valence-electron chi connectivity index (χ0n) is 13.3. The molecule has 5 N–H and O–H groups in total. The first kappa shape index (κ1) is 17.7. The number of benzene rings is 1. The first-order chi connectivity index (χ1) is 11.0. The Labute approximate surface area is 135 Å². The first-order valence-corrected chi connectivity index (χ1v) is 7.59. The van der Waals surface area contributed by atoms with E-state index in [1.165, 1.54) is 0 Å². The van der Waals surface area contributed by atoms with E-state index >= 15 is 0 Å². The number of hydrogen-bond acceptors (Lipinski definition) is 6. The van der Waals surface area contributed by atoms with Crippen LogP contribution in [0.15, 0.2) is 24.3 Å². The summed E-state index contributed by atoms with van der Waals surface area (Å²) in [5, 5.41) is 22.0. The SMILES string of the molecule is COc1ccc(CC(N)C(=O)NC2C(O)[C@H](C)O[C@@H]2CO)cc1. The molecule has 0 bridgehead atoms. The summed E-state index contributed by atoms with van der Waals surface area (Å²) in [5.74, 6) is 0.346. The summed E-state index contributed by atoms with van der Waals surface area (Å²) in [4.78, 5) is 12.2. The number of carbonyl (C=O) groups excluding carboxylic acids is 1. The lowest BCUT2D eigenvalue weighted by Crippen LogP contribution is -2.53. The molecule has 0 aromatic heterocycles. The van der Waals surface area contributed by atoms with E-state index in [-0.39, 0.29) is 12.5 Å². The van der Waals surface area contributed by atoms with E-state index in [0.717, 1.165) is 11.3 Å². The Morgan fingerprint density at radius 3 is 2.65 bits per heavy atom. The Bertz CT molecular complexity index is 522. The number of carbonyl (C=O) groups is 1. The number of nitrogens with one attached hydrogen (secondary N) is 1. The number of amides is 1. The van der Waals surface area contributed by atoms with Crippen molar-refractivity contribution in [2.75, 3.05) is 13.7 Å². The lowest BCUT2D eigenvalue weighted by atomic mass is 10.0. The highest BCUT2D eigenvalue weighted by Gasteiger charge is 2.42. The topological polar surface area (TPSA) is 114 Å². The van der Waals surface area contributed by atoms with Crippen molar-refractivity contribution in [1.29, 1.82) is 0 Å². The first-order valence-electron chi connectivity index (χ1n) is 7.59. The quantitative estimate of drug-likeness (QED) is 0.544. The van der Waals surface area contributed by atoms with Crippen LogP contribution in [0.25, 0.3) is 0 Å². The molecule has 0 aliphatic carbocycles. The van der Waals surface area contributed by atoms with Crippen LogP contribution in [0, 0.1) is 0 Å². The predicted molar refractivity (Wildman–Crippen MR) is 84.0 cm³/mol. The van der Waals surface area contributed by atoms with Crippen LogP contribution in [0.1, 0.15) is 12.5 Å². The summed E-state index contributed by atoms with van der Waals surface area (Å²) in [6, 6.07) is 5.88. The Morgan fingerprint density at radius 2 is 2.09 bits per heavy atom. The summed E-state index contributed by atoms with van der Waals surface area (Å²) in [6.45, 7) is 1.41. The van der Waals surface area contributed by atoms with Gasteiger partial charge in [-0.25, -0.2) is 0 Å². The monoisotopic (exact) mass is 324 g/mol. The average molecular weight is 324 g/mol. The second-order valence-electron chi connectivity index (χ2n) is 5.75. The lowest BCUT2D eigenvalue weighted by molar-refractivity contribution is -0.124. The van der Waals surface area contributed by atoms with Crippen molar-refractivity contribution in [3.8, 4) is 5.75 Å². The van der Waals surface area contributed by atoms with Crippen LogP contribution in [0.3, 0.4) is 0 Å². The highest BCUT2D eigenvalue weighted by Crippen LogP contribution is 2.21. The third kappa shape index (κ3) is 4.20. The second-order valence-corrected chi connectivity index (χ2v) is 5.75. The molecule has 1 aliphatic rings. The molecular formula is C16H24N2O5. The van der Waals surface area contributed by atoms with Gasteiger partial charge in [-0.05, 0) is 31.0 Å². The number of rotatable bonds is 6. The molecule has 0 radical (unpaired) electrons. The predicted octanol–water partition coefficient (Wildman–Crippen LogP) is -0.810. The zero-order chi connectivity index (χ0) is 17.0. The molecule has 1 aromatic rings. The van der Waals surface area contributed by atoms with E-state index in [4.69, 9.17) is 15.2 Å². The van der Waals surface area contributed by atoms with Gasteiger partial charge in [-0.3, -0.25) is 4.79 Å². The smallest absolute Gasteiger partial charge is 0.237 e. The van der Waals surface area contributed by atoms with Crippen LogP contribution >= 0.6 is 0 Å². The van der Waals surface area contributed by atoms with Gasteiger partial charge >= 0.3 is 0 Å². The largest absolute Gasteiger partial charge is 0.497 e. The van der Waals surface area contributed by atoms with Gasteiger partial charge in [0.05, 0.1) is 31.9 Å². The molecule has 7 heteroatoms. The minimum atomic E-state index is -0.871. The van der Waals surface area contributed by atoms with Gasteiger partial charge in [0.25, 0.3) is 0 Å². The Kier molecular flexibility index (Phi) is 5.95. The number of hydrogen-bond donors (Lipinski definition) is 4. The molecule has 0 saturated carbocycles. The Morgan fingerprint density at radius 1 is 1.43 bits per heavy atom. The molecule has 1 aromatic carbocycles.